The molecule has 0 spiro atoms. The van der Waals surface area contributed by atoms with Crippen LogP contribution >= 0.6 is 0 Å². The van der Waals surface area contributed by atoms with Gasteiger partial charge in [-0.3, -0.25) is 5.32 Å². The Hall–Kier alpha value is -1.76. The van der Waals surface area contributed by atoms with Crippen LogP contribution in [0.3, 0.4) is 0 Å². The monoisotopic (exact) mass is 278 g/mol. The van der Waals surface area contributed by atoms with E-state index in [-0.39, 0.29) is 5.54 Å². The molecule has 0 atom stereocenters. The molecule has 20 heavy (non-hydrogen) atoms. The van der Waals surface area contributed by atoms with Gasteiger partial charge in [0, 0.05) is 13.5 Å². The molecule has 0 saturated heterocycles. The van der Waals surface area contributed by atoms with E-state index in [0.29, 0.717) is 24.2 Å². The second-order valence-electron chi connectivity index (χ2n) is 5.87. The fraction of sp³-hybridized carbons (Fsp3) is 0.692. The largest absolute Gasteiger partial charge is 0.340 e. The maximum atomic E-state index is 5.03. The van der Waals surface area contributed by atoms with Crippen LogP contribution in [0.1, 0.15) is 45.2 Å². The van der Waals surface area contributed by atoms with Crippen LogP contribution in [0.4, 0.5) is 0 Å². The number of hydrogen-bond donors (Lipinski definition) is 1. The van der Waals surface area contributed by atoms with Crippen molar-refractivity contribution in [3.05, 3.63) is 23.9 Å². The van der Waals surface area contributed by atoms with Crippen molar-refractivity contribution in [2.45, 2.75) is 53.2 Å². The molecule has 1 N–H and O–H groups in total. The summed E-state index contributed by atoms with van der Waals surface area (Å²) < 4.78 is 6.96. The minimum Gasteiger partial charge on any atom is -0.340 e. The van der Waals surface area contributed by atoms with Gasteiger partial charge < -0.3 is 4.52 Å². The second kappa shape index (κ2) is 5.70. The zero-order valence-electron chi connectivity index (χ0n) is 12.7. The van der Waals surface area contributed by atoms with E-state index in [4.69, 9.17) is 4.52 Å². The van der Waals surface area contributed by atoms with Gasteiger partial charge in [0.2, 0.25) is 5.89 Å². The Kier molecular flexibility index (Phi) is 4.17. The van der Waals surface area contributed by atoms with Crippen molar-refractivity contribution in [1.29, 1.82) is 0 Å². The number of hydrogen-bond acceptors (Lipinski definition) is 6. The third-order valence-corrected chi connectivity index (χ3v) is 3.01. The van der Waals surface area contributed by atoms with E-state index in [1.807, 2.05) is 18.5 Å². The predicted molar refractivity (Wildman–Crippen MR) is 73.8 cm³/mol. The first kappa shape index (κ1) is 14.6. The Bertz CT molecular complexity index is 557. The highest BCUT2D eigenvalue weighted by Crippen LogP contribution is 2.17. The van der Waals surface area contributed by atoms with Gasteiger partial charge >= 0.3 is 0 Å². The van der Waals surface area contributed by atoms with Crippen LogP contribution in [0.5, 0.6) is 0 Å². The van der Waals surface area contributed by atoms with Crippen molar-refractivity contribution in [1.82, 2.24) is 30.2 Å². The van der Waals surface area contributed by atoms with E-state index in [1.54, 1.807) is 13.3 Å². The van der Waals surface area contributed by atoms with Gasteiger partial charge in [-0.1, -0.05) is 19.0 Å². The van der Waals surface area contributed by atoms with E-state index >= 15 is 0 Å². The van der Waals surface area contributed by atoms with Crippen molar-refractivity contribution >= 4 is 0 Å². The summed E-state index contributed by atoms with van der Waals surface area (Å²) >= 11 is 0. The van der Waals surface area contributed by atoms with Gasteiger partial charge in [0.25, 0.3) is 0 Å². The first-order valence-corrected chi connectivity index (χ1v) is 6.81. The highest BCUT2D eigenvalue weighted by atomic mass is 16.5. The summed E-state index contributed by atoms with van der Waals surface area (Å²) in [6, 6.07) is 0. The molecule has 0 aliphatic heterocycles. The third kappa shape index (κ3) is 3.41. The van der Waals surface area contributed by atoms with Gasteiger partial charge in [-0.2, -0.15) is 10.1 Å². The molecular weight excluding hydrogens is 256 g/mol. The molecule has 0 radical (unpaired) electrons. The van der Waals surface area contributed by atoms with E-state index < -0.39 is 0 Å². The standard InChI is InChI=1S/C13H22N6O/c1-9(2)7-19-11(14-8-16-19)6-15-13(4,5)12-17-10(3)20-18-12/h8-9,15H,6-7H2,1-5H3. The Morgan fingerprint density at radius 3 is 2.75 bits per heavy atom. The maximum absolute atomic E-state index is 5.03. The summed E-state index contributed by atoms with van der Waals surface area (Å²) in [6.45, 7) is 11.6. The first-order valence-electron chi connectivity index (χ1n) is 6.81. The molecule has 2 aromatic heterocycles. The van der Waals surface area contributed by atoms with Crippen LogP contribution in [0.25, 0.3) is 0 Å². The van der Waals surface area contributed by atoms with Gasteiger partial charge in [-0.15, -0.1) is 0 Å². The lowest BCUT2D eigenvalue weighted by Gasteiger charge is -2.22. The molecule has 0 aliphatic rings. The van der Waals surface area contributed by atoms with Gasteiger partial charge in [0.15, 0.2) is 5.82 Å². The molecule has 110 valence electrons. The van der Waals surface area contributed by atoms with Gasteiger partial charge in [-0.25, -0.2) is 9.67 Å². The fourth-order valence-electron chi connectivity index (χ4n) is 1.86. The normalized spacial score (nSPS) is 12.3. The molecule has 0 unspecified atom stereocenters. The molecule has 0 saturated carbocycles. The van der Waals surface area contributed by atoms with E-state index in [0.717, 1.165) is 12.4 Å². The lowest BCUT2D eigenvalue weighted by molar-refractivity contribution is 0.330. The molecule has 7 nitrogen and oxygen atoms in total. The number of aryl methyl sites for hydroxylation is 1. The predicted octanol–water partition coefficient (Wildman–Crippen LogP) is 1.65. The second-order valence-corrected chi connectivity index (χ2v) is 5.87. The highest BCUT2D eigenvalue weighted by molar-refractivity contribution is 5.01. The molecule has 0 amide bonds. The zero-order valence-corrected chi connectivity index (χ0v) is 12.7. The minimum absolute atomic E-state index is 0.383. The Morgan fingerprint density at radius 1 is 1.40 bits per heavy atom. The summed E-state index contributed by atoms with van der Waals surface area (Å²) in [7, 11) is 0. The summed E-state index contributed by atoms with van der Waals surface area (Å²) in [6.07, 6.45) is 1.59. The summed E-state index contributed by atoms with van der Waals surface area (Å²) in [4.78, 5) is 8.57. The summed E-state index contributed by atoms with van der Waals surface area (Å²) in [5.41, 5.74) is -0.383. The fourth-order valence-corrected chi connectivity index (χ4v) is 1.86. The number of nitrogens with zero attached hydrogens (tertiary/aromatic N) is 5. The van der Waals surface area contributed by atoms with Crippen LogP contribution in [0.15, 0.2) is 10.9 Å². The number of nitrogens with one attached hydrogen (secondary N) is 1. The Labute approximate surface area is 118 Å². The molecule has 0 aliphatic carbocycles. The van der Waals surface area contributed by atoms with Crippen LogP contribution < -0.4 is 5.32 Å². The van der Waals surface area contributed by atoms with E-state index in [1.165, 1.54) is 0 Å². The lowest BCUT2D eigenvalue weighted by atomic mass is 10.1. The molecule has 2 aromatic rings. The Morgan fingerprint density at radius 2 is 2.15 bits per heavy atom. The summed E-state index contributed by atoms with van der Waals surface area (Å²) in [5, 5.41) is 11.6. The first-order chi connectivity index (χ1) is 9.38. The maximum Gasteiger partial charge on any atom is 0.223 e. The lowest BCUT2D eigenvalue weighted by Crippen LogP contribution is -2.38. The SMILES string of the molecule is Cc1nc(C(C)(C)NCc2ncnn2CC(C)C)no1. The average Bonchev–Trinajstić information content (AvgIpc) is 2.95. The van der Waals surface area contributed by atoms with Crippen LogP contribution in [-0.2, 0) is 18.6 Å². The zero-order chi connectivity index (χ0) is 14.8. The molecule has 0 bridgehead atoms. The molecular formula is C13H22N6O. The van der Waals surface area contributed by atoms with Crippen LogP contribution in [-0.4, -0.2) is 24.9 Å². The van der Waals surface area contributed by atoms with Gasteiger partial charge in [0.05, 0.1) is 12.1 Å². The smallest absolute Gasteiger partial charge is 0.223 e. The van der Waals surface area contributed by atoms with E-state index in [9.17, 15) is 0 Å². The van der Waals surface area contributed by atoms with Crippen LogP contribution in [0.2, 0.25) is 0 Å². The summed E-state index contributed by atoms with van der Waals surface area (Å²) in [5.74, 6) is 2.65. The van der Waals surface area contributed by atoms with Crippen molar-refractivity contribution in [3.8, 4) is 0 Å². The molecule has 0 aromatic carbocycles. The topological polar surface area (TPSA) is 81.7 Å². The number of aromatic nitrogens is 5. The Balaban J connectivity index is 2.03. The highest BCUT2D eigenvalue weighted by Gasteiger charge is 2.26. The van der Waals surface area contributed by atoms with Crippen molar-refractivity contribution in [2.24, 2.45) is 5.92 Å². The average molecular weight is 278 g/mol. The van der Waals surface area contributed by atoms with Gasteiger partial charge in [-0.05, 0) is 19.8 Å². The van der Waals surface area contributed by atoms with Crippen molar-refractivity contribution in [3.63, 3.8) is 0 Å². The van der Waals surface area contributed by atoms with Crippen LogP contribution in [0, 0.1) is 12.8 Å². The molecule has 2 heterocycles. The quantitative estimate of drug-likeness (QED) is 0.865. The van der Waals surface area contributed by atoms with Crippen molar-refractivity contribution in [2.75, 3.05) is 0 Å². The van der Waals surface area contributed by atoms with Gasteiger partial charge in [0.1, 0.15) is 12.2 Å². The number of rotatable bonds is 6. The molecule has 7 heteroatoms. The third-order valence-electron chi connectivity index (χ3n) is 3.01. The molecule has 2 rings (SSSR count). The van der Waals surface area contributed by atoms with E-state index in [2.05, 4.69) is 39.4 Å². The van der Waals surface area contributed by atoms with Crippen molar-refractivity contribution < 1.29 is 4.52 Å². The molecule has 0 fully saturated rings. The minimum atomic E-state index is -0.383.